The van der Waals surface area contributed by atoms with Crippen molar-refractivity contribution in [3.8, 4) is 11.1 Å². The lowest BCUT2D eigenvalue weighted by molar-refractivity contribution is -0.160. The van der Waals surface area contributed by atoms with E-state index in [9.17, 15) is 9.59 Å². The highest BCUT2D eigenvalue weighted by Crippen LogP contribution is 2.44. The first-order valence-corrected chi connectivity index (χ1v) is 9.87. The zero-order valence-electron chi connectivity index (χ0n) is 15.8. The molecule has 2 aliphatic heterocycles. The average Bonchev–Trinajstić information content (AvgIpc) is 3.01. The maximum atomic E-state index is 13.2. The smallest absolute Gasteiger partial charge is 0.179 e. The number of ketones is 2. The van der Waals surface area contributed by atoms with Gasteiger partial charge in [0.05, 0.1) is 0 Å². The van der Waals surface area contributed by atoms with Gasteiger partial charge in [-0.1, -0.05) is 36.7 Å². The second-order valence-electron chi connectivity index (χ2n) is 7.80. The Morgan fingerprint density at radius 2 is 1.96 bits per heavy atom. The largest absolute Gasteiger partial charge is 0.356 e. The maximum Gasteiger partial charge on any atom is 0.179 e. The molecule has 3 atom stereocenters. The first kappa shape index (κ1) is 18.4. The Hall–Kier alpha value is -1.97. The number of halogens is 1. The Morgan fingerprint density at radius 3 is 2.67 bits per heavy atom. The van der Waals surface area contributed by atoms with Crippen LogP contribution >= 0.6 is 11.6 Å². The third-order valence-electron chi connectivity index (χ3n) is 6.01. The summed E-state index contributed by atoms with van der Waals surface area (Å²) in [5, 5.41) is 0.695. The van der Waals surface area contributed by atoms with E-state index >= 15 is 0 Å². The fourth-order valence-electron chi connectivity index (χ4n) is 4.44. The summed E-state index contributed by atoms with van der Waals surface area (Å²) >= 11 is 6.09. The van der Waals surface area contributed by atoms with Gasteiger partial charge in [0, 0.05) is 5.02 Å². The molecule has 2 bridgehead atoms. The van der Waals surface area contributed by atoms with Gasteiger partial charge in [-0.2, -0.15) is 0 Å². The van der Waals surface area contributed by atoms with E-state index < -0.39 is 17.6 Å². The van der Waals surface area contributed by atoms with E-state index in [-0.39, 0.29) is 11.6 Å². The molecule has 0 saturated carbocycles. The fourth-order valence-corrected chi connectivity index (χ4v) is 4.67. The molecule has 2 aromatic carbocycles. The van der Waals surface area contributed by atoms with E-state index in [1.165, 1.54) is 0 Å². The van der Waals surface area contributed by atoms with Crippen LogP contribution in [-0.2, 0) is 20.7 Å². The van der Waals surface area contributed by atoms with Crippen molar-refractivity contribution in [1.82, 2.24) is 0 Å². The Balaban J connectivity index is 1.84. The minimum Gasteiger partial charge on any atom is -0.356 e. The lowest BCUT2D eigenvalue weighted by Gasteiger charge is -2.34. The lowest BCUT2D eigenvalue weighted by Crippen LogP contribution is -2.49. The van der Waals surface area contributed by atoms with Gasteiger partial charge in [0.15, 0.2) is 11.6 Å². The van der Waals surface area contributed by atoms with Crippen molar-refractivity contribution in [3.63, 3.8) is 0 Å². The first-order chi connectivity index (χ1) is 12.8. The van der Waals surface area contributed by atoms with Gasteiger partial charge in [-0.15, -0.1) is 0 Å². The van der Waals surface area contributed by atoms with Gasteiger partial charge in [0.2, 0.25) is 0 Å². The Labute approximate surface area is 164 Å². The summed E-state index contributed by atoms with van der Waals surface area (Å²) in [4.78, 5) is 26.2. The van der Waals surface area contributed by atoms with Crippen LogP contribution in [0.5, 0.6) is 0 Å². The summed E-state index contributed by atoms with van der Waals surface area (Å²) in [7, 11) is 0. The van der Waals surface area contributed by atoms with E-state index in [0.717, 1.165) is 34.2 Å². The summed E-state index contributed by atoms with van der Waals surface area (Å²) in [6.45, 7) is 5.89. The molecule has 140 valence electrons. The third kappa shape index (κ3) is 2.94. The molecule has 4 rings (SSSR count). The summed E-state index contributed by atoms with van der Waals surface area (Å²) in [6.07, 6.45) is 1.57. The number of ether oxygens (including phenoxy) is 1. The Bertz CT molecular complexity index is 949. The van der Waals surface area contributed by atoms with Gasteiger partial charge < -0.3 is 4.74 Å². The lowest BCUT2D eigenvalue weighted by atomic mass is 9.78. The van der Waals surface area contributed by atoms with E-state index in [2.05, 4.69) is 13.0 Å². The normalized spacial score (nSPS) is 27.3. The number of carbonyl (C=O) groups excluding carboxylic acids is 2. The van der Waals surface area contributed by atoms with Crippen molar-refractivity contribution in [3.05, 3.63) is 58.1 Å². The molecule has 0 spiro atoms. The molecule has 2 fully saturated rings. The van der Waals surface area contributed by atoms with Crippen LogP contribution in [0.2, 0.25) is 5.02 Å². The molecule has 2 heterocycles. The molecule has 0 aromatic heterocycles. The number of hydrogen-bond acceptors (Lipinski definition) is 3. The van der Waals surface area contributed by atoms with Gasteiger partial charge in [-0.25, -0.2) is 0 Å². The van der Waals surface area contributed by atoms with E-state index in [1.807, 2.05) is 44.2 Å². The van der Waals surface area contributed by atoms with Gasteiger partial charge in [-0.05, 0) is 79.1 Å². The molecule has 0 amide bonds. The number of carbonyl (C=O) groups is 2. The molecular weight excluding hydrogens is 360 g/mol. The van der Waals surface area contributed by atoms with Crippen molar-refractivity contribution >= 4 is 23.2 Å². The van der Waals surface area contributed by atoms with E-state index in [0.29, 0.717) is 17.9 Å². The van der Waals surface area contributed by atoms with Gasteiger partial charge in [0.1, 0.15) is 17.6 Å². The highest BCUT2D eigenvalue weighted by Gasteiger charge is 2.55. The van der Waals surface area contributed by atoms with Crippen LogP contribution in [0.3, 0.4) is 0 Å². The number of Topliss-reactive ketones (excluding diaryl/α,β-unsaturated/α-hetero) is 2. The van der Waals surface area contributed by atoms with Crippen LogP contribution in [0.4, 0.5) is 0 Å². The SMILES string of the molecule is CCc1ccc(-c2ccc(Cl)cc2C)cc1C1C(=O)[C@@H]2CC[C@@](C)(O2)C1=O. The summed E-state index contributed by atoms with van der Waals surface area (Å²) < 4.78 is 5.77. The minimum atomic E-state index is -0.833. The molecule has 1 unspecified atom stereocenters. The minimum absolute atomic E-state index is 0.0883. The standard InChI is InChI=1S/C23H23ClO3/c1-4-14-5-6-15(17-8-7-16(24)11-13(17)2)12-18(14)20-21(25)19-9-10-23(3,27-19)22(20)26/h5-8,11-12,19-20H,4,9-10H2,1-3H3/t19-,20?,23+/m0/s1. The van der Waals surface area contributed by atoms with Gasteiger partial charge in [-0.3, -0.25) is 9.59 Å². The molecule has 4 heteroatoms. The average molecular weight is 383 g/mol. The predicted octanol–water partition coefficient (Wildman–Crippen LogP) is 5.05. The summed E-state index contributed by atoms with van der Waals surface area (Å²) in [5.41, 5.74) is 4.17. The predicted molar refractivity (Wildman–Crippen MR) is 106 cm³/mol. The van der Waals surface area contributed by atoms with Gasteiger partial charge >= 0.3 is 0 Å². The zero-order chi connectivity index (χ0) is 19.3. The maximum absolute atomic E-state index is 13.2. The molecule has 2 aromatic rings. The quantitative estimate of drug-likeness (QED) is 0.697. The topological polar surface area (TPSA) is 43.4 Å². The van der Waals surface area contributed by atoms with Crippen molar-refractivity contribution < 1.29 is 14.3 Å². The highest BCUT2D eigenvalue weighted by molar-refractivity contribution is 6.30. The van der Waals surface area contributed by atoms with Crippen molar-refractivity contribution in [2.24, 2.45) is 0 Å². The second kappa shape index (κ2) is 6.57. The number of benzene rings is 2. The van der Waals surface area contributed by atoms with Gasteiger partial charge in [0.25, 0.3) is 0 Å². The Kier molecular flexibility index (Phi) is 4.48. The Morgan fingerprint density at radius 1 is 1.19 bits per heavy atom. The number of fused-ring (bicyclic) bond motifs is 2. The van der Waals surface area contributed by atoms with Crippen LogP contribution in [0.25, 0.3) is 11.1 Å². The van der Waals surface area contributed by atoms with Crippen molar-refractivity contribution in [1.29, 1.82) is 0 Å². The second-order valence-corrected chi connectivity index (χ2v) is 8.24. The fraction of sp³-hybridized carbons (Fsp3) is 0.391. The monoisotopic (exact) mass is 382 g/mol. The zero-order valence-corrected chi connectivity index (χ0v) is 16.6. The van der Waals surface area contributed by atoms with Crippen LogP contribution < -0.4 is 0 Å². The first-order valence-electron chi connectivity index (χ1n) is 9.49. The van der Waals surface area contributed by atoms with Crippen LogP contribution in [0, 0.1) is 6.92 Å². The number of hydrogen-bond donors (Lipinski definition) is 0. The molecule has 27 heavy (non-hydrogen) atoms. The molecule has 2 saturated heterocycles. The van der Waals surface area contributed by atoms with Crippen LogP contribution in [-0.4, -0.2) is 23.3 Å². The van der Waals surface area contributed by atoms with Crippen LogP contribution in [0.15, 0.2) is 36.4 Å². The number of rotatable bonds is 3. The highest BCUT2D eigenvalue weighted by atomic mass is 35.5. The third-order valence-corrected chi connectivity index (χ3v) is 6.24. The van der Waals surface area contributed by atoms with Crippen molar-refractivity contribution in [2.75, 3.05) is 0 Å². The molecule has 0 aliphatic carbocycles. The van der Waals surface area contributed by atoms with Crippen molar-refractivity contribution in [2.45, 2.75) is 57.7 Å². The van der Waals surface area contributed by atoms with E-state index in [4.69, 9.17) is 16.3 Å². The summed E-state index contributed by atoms with van der Waals surface area (Å²) in [5.74, 6) is -0.908. The number of aryl methyl sites for hydroxylation is 2. The molecule has 0 radical (unpaired) electrons. The molecule has 2 aliphatic rings. The van der Waals surface area contributed by atoms with Crippen LogP contribution in [0.1, 0.15) is 49.3 Å². The summed E-state index contributed by atoms with van der Waals surface area (Å²) in [6, 6.07) is 11.9. The van der Waals surface area contributed by atoms with E-state index in [1.54, 1.807) is 0 Å². The molecular formula is C23H23ClO3. The molecule has 3 nitrogen and oxygen atoms in total. The molecule has 0 N–H and O–H groups in total.